The Balaban J connectivity index is 1.71. The number of aliphatic hydroxyl groups excluding tert-OH is 2. The molecule has 0 saturated carbocycles. The molecule has 2 aliphatic heterocycles. The van der Waals surface area contributed by atoms with E-state index in [1.54, 1.807) is 12.1 Å². The van der Waals surface area contributed by atoms with Crippen LogP contribution in [0.5, 0.6) is 5.75 Å². The van der Waals surface area contributed by atoms with E-state index < -0.39 is 42.3 Å². The van der Waals surface area contributed by atoms with Gasteiger partial charge in [0.1, 0.15) is 23.5 Å². The number of hydrogen-bond donors (Lipinski definition) is 6. The van der Waals surface area contributed by atoms with Gasteiger partial charge in [0.25, 0.3) is 5.91 Å². The van der Waals surface area contributed by atoms with Gasteiger partial charge in [-0.3, -0.25) is 14.9 Å². The van der Waals surface area contributed by atoms with Crippen molar-refractivity contribution in [2.45, 2.75) is 83.0 Å². The summed E-state index contributed by atoms with van der Waals surface area (Å²) in [5, 5.41) is 39.6. The lowest BCUT2D eigenvalue weighted by Crippen LogP contribution is -2.63. The number of aromatic hydroxyl groups is 1. The molecule has 10 nitrogen and oxygen atoms in total. The summed E-state index contributed by atoms with van der Waals surface area (Å²) in [7, 11) is 0. The molecule has 0 bridgehead atoms. The summed E-state index contributed by atoms with van der Waals surface area (Å²) in [5.74, 6) is -1.78. The van der Waals surface area contributed by atoms with Crippen LogP contribution in [0.15, 0.2) is 18.2 Å². The number of nitrogens with one attached hydrogen (secondary N) is 3. The highest BCUT2D eigenvalue weighted by atomic mass is 16.5. The van der Waals surface area contributed by atoms with Crippen molar-refractivity contribution < 1.29 is 34.4 Å². The maximum absolute atomic E-state index is 12.8. The Labute approximate surface area is 192 Å². The zero-order valence-corrected chi connectivity index (χ0v) is 19.1. The van der Waals surface area contributed by atoms with E-state index in [9.17, 15) is 29.7 Å². The summed E-state index contributed by atoms with van der Waals surface area (Å²) < 4.78 is 5.53. The van der Waals surface area contributed by atoms with Crippen LogP contribution in [0.1, 0.15) is 56.0 Å². The summed E-state index contributed by atoms with van der Waals surface area (Å²) >= 11 is 0. The molecule has 6 atom stereocenters. The molecule has 0 radical (unpaired) electrons. The molecule has 182 valence electrons. The SMILES string of the molecule is CC[C@H]1NC(=O)C[C@@H]([C@H](O)[C@H](O)C(=O)N[C@@H](CC(C)C)[C@@H]2Cc3cccc(O)c3C(=O)O2)N1. The van der Waals surface area contributed by atoms with E-state index in [-0.39, 0.29) is 42.1 Å². The van der Waals surface area contributed by atoms with Crippen molar-refractivity contribution in [3.05, 3.63) is 29.3 Å². The van der Waals surface area contributed by atoms with Gasteiger partial charge in [-0.05, 0) is 30.4 Å². The molecule has 33 heavy (non-hydrogen) atoms. The molecule has 0 aliphatic carbocycles. The van der Waals surface area contributed by atoms with Crippen LogP contribution in [0, 0.1) is 5.92 Å². The van der Waals surface area contributed by atoms with E-state index in [0.717, 1.165) is 0 Å². The summed E-state index contributed by atoms with van der Waals surface area (Å²) in [6, 6.07) is 3.37. The number of fused-ring (bicyclic) bond motifs is 1. The van der Waals surface area contributed by atoms with Gasteiger partial charge in [0.2, 0.25) is 5.91 Å². The number of benzene rings is 1. The van der Waals surface area contributed by atoms with Gasteiger partial charge in [0.15, 0.2) is 6.10 Å². The number of ether oxygens (including phenoxy) is 1. The second-order valence-electron chi connectivity index (χ2n) is 9.14. The highest BCUT2D eigenvalue weighted by molar-refractivity contribution is 5.95. The minimum Gasteiger partial charge on any atom is -0.507 e. The van der Waals surface area contributed by atoms with Gasteiger partial charge >= 0.3 is 5.97 Å². The van der Waals surface area contributed by atoms with Gasteiger partial charge in [0, 0.05) is 18.9 Å². The Morgan fingerprint density at radius 1 is 1.24 bits per heavy atom. The first-order valence-electron chi connectivity index (χ1n) is 11.3. The van der Waals surface area contributed by atoms with Crippen LogP contribution in [-0.2, 0) is 20.7 Å². The first kappa shape index (κ1) is 24.9. The quantitative estimate of drug-likeness (QED) is 0.293. The van der Waals surface area contributed by atoms with Gasteiger partial charge in [-0.2, -0.15) is 0 Å². The monoisotopic (exact) mass is 463 g/mol. The molecule has 1 aromatic carbocycles. The lowest BCUT2D eigenvalue weighted by Gasteiger charge is -2.36. The van der Waals surface area contributed by atoms with E-state index in [0.29, 0.717) is 18.4 Å². The van der Waals surface area contributed by atoms with Crippen molar-refractivity contribution in [1.82, 2.24) is 16.0 Å². The smallest absolute Gasteiger partial charge is 0.342 e. The van der Waals surface area contributed by atoms with Crippen molar-refractivity contribution >= 4 is 17.8 Å². The number of carbonyl (C=O) groups is 3. The predicted octanol–water partition coefficient (Wildman–Crippen LogP) is -0.0594. The van der Waals surface area contributed by atoms with E-state index in [4.69, 9.17) is 4.74 Å². The first-order valence-corrected chi connectivity index (χ1v) is 11.3. The number of amides is 2. The van der Waals surface area contributed by atoms with E-state index in [1.807, 2.05) is 20.8 Å². The predicted molar refractivity (Wildman–Crippen MR) is 118 cm³/mol. The molecule has 2 amide bonds. The topological polar surface area (TPSA) is 157 Å². The second kappa shape index (κ2) is 10.5. The largest absolute Gasteiger partial charge is 0.507 e. The Bertz CT molecular complexity index is 891. The number of phenolic OH excluding ortho intramolecular Hbond substituents is 1. The lowest BCUT2D eigenvalue weighted by atomic mass is 9.90. The third-order valence-corrected chi connectivity index (χ3v) is 6.08. The van der Waals surface area contributed by atoms with Crippen LogP contribution in [0.3, 0.4) is 0 Å². The van der Waals surface area contributed by atoms with Gasteiger partial charge in [-0.15, -0.1) is 0 Å². The Kier molecular flexibility index (Phi) is 7.93. The minimum absolute atomic E-state index is 0.0715. The summed E-state index contributed by atoms with van der Waals surface area (Å²) in [5.41, 5.74) is 0.730. The molecule has 2 heterocycles. The van der Waals surface area contributed by atoms with Crippen molar-refractivity contribution in [3.8, 4) is 5.75 Å². The Morgan fingerprint density at radius 3 is 2.64 bits per heavy atom. The number of esters is 1. The second-order valence-corrected chi connectivity index (χ2v) is 9.14. The van der Waals surface area contributed by atoms with Gasteiger partial charge in [-0.1, -0.05) is 32.9 Å². The lowest BCUT2D eigenvalue weighted by molar-refractivity contribution is -0.141. The molecule has 6 N–H and O–H groups in total. The Hall–Kier alpha value is -2.69. The van der Waals surface area contributed by atoms with E-state index in [1.165, 1.54) is 6.07 Å². The highest BCUT2D eigenvalue weighted by Crippen LogP contribution is 2.30. The van der Waals surface area contributed by atoms with Crippen LogP contribution < -0.4 is 16.0 Å². The summed E-state index contributed by atoms with van der Waals surface area (Å²) in [6.07, 6.45) is -3.08. The van der Waals surface area contributed by atoms with Crippen LogP contribution in [0.2, 0.25) is 0 Å². The van der Waals surface area contributed by atoms with Crippen LogP contribution >= 0.6 is 0 Å². The molecule has 1 aromatic rings. The van der Waals surface area contributed by atoms with Crippen LogP contribution in [0.25, 0.3) is 0 Å². The third kappa shape index (κ3) is 5.82. The number of hydrogen-bond acceptors (Lipinski definition) is 8. The molecule has 1 saturated heterocycles. The fraction of sp³-hybridized carbons (Fsp3) is 0.609. The molecule has 1 fully saturated rings. The van der Waals surface area contributed by atoms with Crippen molar-refractivity contribution in [2.75, 3.05) is 0 Å². The third-order valence-electron chi connectivity index (χ3n) is 6.08. The minimum atomic E-state index is -1.78. The van der Waals surface area contributed by atoms with Gasteiger partial charge < -0.3 is 30.7 Å². The van der Waals surface area contributed by atoms with Gasteiger partial charge in [0.05, 0.1) is 12.2 Å². The zero-order chi connectivity index (χ0) is 24.3. The highest BCUT2D eigenvalue weighted by Gasteiger charge is 2.39. The number of carbonyl (C=O) groups excluding carboxylic acids is 3. The average molecular weight is 464 g/mol. The molecular weight excluding hydrogens is 430 g/mol. The zero-order valence-electron chi connectivity index (χ0n) is 19.1. The van der Waals surface area contributed by atoms with Crippen molar-refractivity contribution in [2.24, 2.45) is 5.92 Å². The fourth-order valence-corrected chi connectivity index (χ4v) is 4.38. The van der Waals surface area contributed by atoms with Crippen molar-refractivity contribution in [1.29, 1.82) is 0 Å². The van der Waals surface area contributed by atoms with Crippen molar-refractivity contribution in [3.63, 3.8) is 0 Å². The number of aliphatic hydroxyl groups is 2. The normalized spacial score (nSPS) is 25.5. The van der Waals surface area contributed by atoms with E-state index >= 15 is 0 Å². The van der Waals surface area contributed by atoms with E-state index in [2.05, 4.69) is 16.0 Å². The Morgan fingerprint density at radius 2 is 1.97 bits per heavy atom. The standard InChI is InChI=1S/C23H33N3O7/c1-4-17-24-14(10-18(28)26-17)20(29)21(30)22(31)25-13(8-11(2)3)16-9-12-6-5-7-15(27)19(12)23(32)33-16/h5-7,11,13-14,16-17,20-21,24,27,29-30H,4,8-10H2,1-3H3,(H,25,31)(H,26,28)/t13-,14-,16-,17+,20-,21-/m0/s1. The molecular formula is C23H33N3O7. The molecule has 2 aliphatic rings. The molecule has 0 spiro atoms. The van der Waals surface area contributed by atoms with Crippen LogP contribution in [-0.4, -0.2) is 69.7 Å². The maximum atomic E-state index is 12.8. The molecule has 10 heteroatoms. The molecule has 0 aromatic heterocycles. The molecule has 3 rings (SSSR count). The summed E-state index contributed by atoms with van der Waals surface area (Å²) in [4.78, 5) is 37.2. The number of cyclic esters (lactones) is 1. The van der Waals surface area contributed by atoms with Gasteiger partial charge in [-0.25, -0.2) is 4.79 Å². The van der Waals surface area contributed by atoms with Crippen LogP contribution in [0.4, 0.5) is 0 Å². The fourth-order valence-electron chi connectivity index (χ4n) is 4.38. The molecule has 0 unspecified atom stereocenters. The summed E-state index contributed by atoms with van der Waals surface area (Å²) in [6.45, 7) is 5.75. The first-order chi connectivity index (χ1) is 15.6. The number of rotatable bonds is 8. The number of phenols is 1. The maximum Gasteiger partial charge on any atom is 0.342 e. The average Bonchev–Trinajstić information content (AvgIpc) is 2.76.